The molecular weight excluding hydrogens is 362 g/mol. The number of fused-ring (bicyclic) bond motifs is 1. The van der Waals surface area contributed by atoms with Crippen molar-refractivity contribution in [2.45, 2.75) is 6.42 Å². The van der Waals surface area contributed by atoms with Crippen molar-refractivity contribution in [1.82, 2.24) is 9.55 Å². The van der Waals surface area contributed by atoms with Crippen molar-refractivity contribution in [3.05, 3.63) is 58.3 Å². The molecule has 0 fully saturated rings. The van der Waals surface area contributed by atoms with E-state index in [2.05, 4.69) is 20.9 Å². The molecule has 0 aliphatic heterocycles. The quantitative estimate of drug-likeness (QED) is 0.602. The van der Waals surface area contributed by atoms with Gasteiger partial charge < -0.3 is 0 Å². The van der Waals surface area contributed by atoms with E-state index in [1.165, 1.54) is 18.2 Å². The summed E-state index contributed by atoms with van der Waals surface area (Å²) in [6.07, 6.45) is 0.457. The van der Waals surface area contributed by atoms with Crippen molar-refractivity contribution in [2.75, 3.05) is 5.88 Å². The molecule has 0 atom stereocenters. The van der Waals surface area contributed by atoms with Gasteiger partial charge in [0.1, 0.15) is 17.5 Å². The Morgan fingerprint density at radius 3 is 2.71 bits per heavy atom. The number of rotatable bonds is 3. The van der Waals surface area contributed by atoms with Crippen LogP contribution in [-0.4, -0.2) is 15.4 Å². The smallest absolute Gasteiger partial charge is 0.148 e. The molecule has 0 radical (unpaired) electrons. The molecule has 0 amide bonds. The van der Waals surface area contributed by atoms with Gasteiger partial charge in [0.15, 0.2) is 0 Å². The second kappa shape index (κ2) is 5.73. The summed E-state index contributed by atoms with van der Waals surface area (Å²) in [5.74, 6) is 0.176. The maximum absolute atomic E-state index is 14.3. The van der Waals surface area contributed by atoms with Crippen molar-refractivity contribution in [1.29, 1.82) is 0 Å². The van der Waals surface area contributed by atoms with E-state index in [-0.39, 0.29) is 11.6 Å². The highest BCUT2D eigenvalue weighted by molar-refractivity contribution is 9.10. The zero-order valence-electron chi connectivity index (χ0n) is 10.8. The second-order valence-electron chi connectivity index (χ2n) is 4.51. The first kappa shape index (κ1) is 14.5. The number of halogens is 4. The minimum atomic E-state index is -0.385. The molecule has 0 spiro atoms. The molecule has 108 valence electrons. The summed E-state index contributed by atoms with van der Waals surface area (Å²) < 4.78 is 29.9. The van der Waals surface area contributed by atoms with Crippen molar-refractivity contribution in [2.24, 2.45) is 0 Å². The van der Waals surface area contributed by atoms with Gasteiger partial charge in [0.25, 0.3) is 0 Å². The summed E-state index contributed by atoms with van der Waals surface area (Å²) in [4.78, 5) is 4.37. The van der Waals surface area contributed by atoms with Crippen LogP contribution < -0.4 is 0 Å². The normalized spacial score (nSPS) is 11.2. The lowest BCUT2D eigenvalue weighted by atomic mass is 10.2. The Balaban J connectivity index is 2.36. The molecule has 21 heavy (non-hydrogen) atoms. The molecule has 1 aromatic heterocycles. The third kappa shape index (κ3) is 2.56. The van der Waals surface area contributed by atoms with Gasteiger partial charge in [0.05, 0.1) is 16.7 Å². The number of aryl methyl sites for hydroxylation is 1. The molecule has 0 saturated heterocycles. The molecule has 0 aliphatic rings. The van der Waals surface area contributed by atoms with Crippen LogP contribution in [-0.2, 0) is 6.42 Å². The van der Waals surface area contributed by atoms with Crippen molar-refractivity contribution >= 4 is 38.6 Å². The predicted octanol–water partition coefficient (Wildman–Crippen LogP) is 4.85. The van der Waals surface area contributed by atoms with Crippen molar-refractivity contribution < 1.29 is 8.78 Å². The van der Waals surface area contributed by atoms with E-state index in [0.717, 1.165) is 0 Å². The number of hydrogen-bond acceptors (Lipinski definition) is 1. The van der Waals surface area contributed by atoms with E-state index in [1.54, 1.807) is 22.8 Å². The van der Waals surface area contributed by atoms with E-state index < -0.39 is 0 Å². The maximum Gasteiger partial charge on any atom is 0.148 e. The van der Waals surface area contributed by atoms with Crippen LogP contribution in [0.2, 0.25) is 0 Å². The zero-order chi connectivity index (χ0) is 15.0. The minimum Gasteiger partial charge on any atom is -0.292 e. The van der Waals surface area contributed by atoms with Crippen molar-refractivity contribution in [3.63, 3.8) is 0 Å². The average Bonchev–Trinajstić information content (AvgIpc) is 2.77. The molecule has 0 unspecified atom stereocenters. The van der Waals surface area contributed by atoms with Crippen LogP contribution in [0.4, 0.5) is 8.78 Å². The number of hydrogen-bond donors (Lipinski definition) is 0. The van der Waals surface area contributed by atoms with Gasteiger partial charge in [0, 0.05) is 22.8 Å². The molecule has 2 aromatic carbocycles. The molecule has 0 saturated carbocycles. The van der Waals surface area contributed by atoms with Crippen LogP contribution in [0.25, 0.3) is 16.7 Å². The second-order valence-corrected chi connectivity index (χ2v) is 5.74. The Labute approximate surface area is 133 Å². The Morgan fingerprint density at radius 2 is 2.00 bits per heavy atom. The van der Waals surface area contributed by atoms with Crippen LogP contribution in [0, 0.1) is 11.6 Å². The first-order valence-electron chi connectivity index (χ1n) is 6.29. The third-order valence-corrected chi connectivity index (χ3v) is 3.99. The fraction of sp³-hybridized carbons (Fsp3) is 0.133. The van der Waals surface area contributed by atoms with Gasteiger partial charge in [-0.2, -0.15) is 0 Å². The van der Waals surface area contributed by atoms with E-state index in [1.807, 2.05) is 0 Å². The van der Waals surface area contributed by atoms with Crippen LogP contribution in [0.5, 0.6) is 0 Å². The van der Waals surface area contributed by atoms with Gasteiger partial charge >= 0.3 is 0 Å². The van der Waals surface area contributed by atoms with Crippen LogP contribution in [0.3, 0.4) is 0 Å². The molecule has 2 nitrogen and oxygen atoms in total. The first-order valence-corrected chi connectivity index (χ1v) is 7.62. The van der Waals surface area contributed by atoms with Gasteiger partial charge in [-0.25, -0.2) is 13.8 Å². The van der Waals surface area contributed by atoms with Gasteiger partial charge in [-0.3, -0.25) is 4.57 Å². The van der Waals surface area contributed by atoms with E-state index >= 15 is 0 Å². The fourth-order valence-electron chi connectivity index (χ4n) is 2.31. The number of benzene rings is 2. The Hall–Kier alpha value is -1.46. The predicted molar refractivity (Wildman–Crippen MR) is 83.1 cm³/mol. The molecule has 1 heterocycles. The van der Waals surface area contributed by atoms with E-state index in [0.29, 0.717) is 39.3 Å². The number of imidazole rings is 1. The topological polar surface area (TPSA) is 17.8 Å². The summed E-state index contributed by atoms with van der Waals surface area (Å²) in [6.45, 7) is 0. The number of alkyl halides is 1. The molecule has 3 rings (SSSR count). The summed E-state index contributed by atoms with van der Waals surface area (Å²) in [5.41, 5.74) is 1.47. The third-order valence-electron chi connectivity index (χ3n) is 3.17. The SMILES string of the molecule is Fc1ccc2c(c1)nc(CCCl)n2-c1c(F)cccc1Br. The van der Waals surface area contributed by atoms with Crippen LogP contribution in [0.1, 0.15) is 5.82 Å². The standard InChI is InChI=1S/C15H10BrClF2N2/c16-10-2-1-3-11(19)15(10)21-13-5-4-9(18)8-12(13)20-14(21)6-7-17/h1-5,8H,6-7H2. The lowest BCUT2D eigenvalue weighted by Gasteiger charge is -2.11. The highest BCUT2D eigenvalue weighted by atomic mass is 79.9. The van der Waals surface area contributed by atoms with Gasteiger partial charge in [-0.1, -0.05) is 6.07 Å². The number of para-hydroxylation sites is 1. The van der Waals surface area contributed by atoms with Gasteiger partial charge in [-0.15, -0.1) is 11.6 Å². The van der Waals surface area contributed by atoms with Gasteiger partial charge in [-0.05, 0) is 40.2 Å². The van der Waals surface area contributed by atoms with E-state index in [4.69, 9.17) is 11.6 Å². The largest absolute Gasteiger partial charge is 0.292 e. The lowest BCUT2D eigenvalue weighted by molar-refractivity contribution is 0.615. The van der Waals surface area contributed by atoms with E-state index in [9.17, 15) is 8.78 Å². The van der Waals surface area contributed by atoms with Crippen molar-refractivity contribution in [3.8, 4) is 5.69 Å². The molecule has 0 aliphatic carbocycles. The minimum absolute atomic E-state index is 0.345. The average molecular weight is 372 g/mol. The maximum atomic E-state index is 14.3. The summed E-state index contributed by atoms with van der Waals surface area (Å²) >= 11 is 9.16. The molecule has 0 N–H and O–H groups in total. The molecule has 6 heteroatoms. The summed E-state index contributed by atoms with van der Waals surface area (Å²) in [5, 5.41) is 0. The molecule has 0 bridgehead atoms. The Kier molecular flexibility index (Phi) is 3.95. The molecule has 3 aromatic rings. The monoisotopic (exact) mass is 370 g/mol. The zero-order valence-corrected chi connectivity index (χ0v) is 13.1. The highest BCUT2D eigenvalue weighted by Crippen LogP contribution is 2.30. The summed E-state index contributed by atoms with van der Waals surface area (Å²) in [7, 11) is 0. The lowest BCUT2D eigenvalue weighted by Crippen LogP contribution is -2.05. The van der Waals surface area contributed by atoms with Crippen LogP contribution in [0.15, 0.2) is 40.9 Å². The van der Waals surface area contributed by atoms with Gasteiger partial charge in [0.2, 0.25) is 0 Å². The van der Waals surface area contributed by atoms with Crippen LogP contribution >= 0.6 is 27.5 Å². The summed E-state index contributed by atoms with van der Waals surface area (Å²) in [6, 6.07) is 8.99. The number of aromatic nitrogens is 2. The highest BCUT2D eigenvalue weighted by Gasteiger charge is 2.17. The fourth-order valence-corrected chi connectivity index (χ4v) is 3.00. The number of nitrogens with zero attached hydrogens (tertiary/aromatic N) is 2. The Morgan fingerprint density at radius 1 is 1.19 bits per heavy atom. The molecular formula is C15H10BrClF2N2. The first-order chi connectivity index (χ1) is 10.1. The Bertz CT molecular complexity index is 797.